The van der Waals surface area contributed by atoms with Crippen LogP contribution in [0.2, 0.25) is 0 Å². The molecule has 0 amide bonds. The van der Waals surface area contributed by atoms with Crippen molar-refractivity contribution in [2.75, 3.05) is 19.7 Å². The number of hydrogen-bond acceptors (Lipinski definition) is 3. The van der Waals surface area contributed by atoms with Crippen LogP contribution in [-0.4, -0.2) is 41.0 Å². The Bertz CT molecular complexity index is 338. The van der Waals surface area contributed by atoms with E-state index in [0.29, 0.717) is 5.56 Å². The van der Waals surface area contributed by atoms with E-state index in [4.69, 9.17) is 10.2 Å². The monoisotopic (exact) mass is 249 g/mol. The summed E-state index contributed by atoms with van der Waals surface area (Å²) in [7, 11) is 0. The molecule has 0 saturated carbocycles. The summed E-state index contributed by atoms with van der Waals surface area (Å²) >= 11 is 0. The minimum atomic E-state index is -4.29. The number of phenolic OH excluding ortho intramolecular Hbond substituents is 1. The van der Waals surface area contributed by atoms with Crippen LogP contribution in [-0.2, 0) is 6.54 Å². The van der Waals surface area contributed by atoms with Crippen LogP contribution in [0.5, 0.6) is 5.75 Å². The molecule has 0 atom stereocenters. The Morgan fingerprint density at radius 3 is 2.18 bits per heavy atom. The molecular weight excluding hydrogens is 235 g/mol. The lowest BCUT2D eigenvalue weighted by Crippen LogP contribution is -2.35. The highest BCUT2D eigenvalue weighted by Crippen LogP contribution is 2.18. The van der Waals surface area contributed by atoms with Crippen molar-refractivity contribution in [1.82, 2.24) is 4.90 Å². The second-order valence-corrected chi connectivity index (χ2v) is 3.72. The molecule has 96 valence electrons. The topological polar surface area (TPSA) is 43.7 Å². The number of benzene rings is 1. The molecule has 1 aromatic carbocycles. The van der Waals surface area contributed by atoms with Crippen molar-refractivity contribution in [3.63, 3.8) is 0 Å². The summed E-state index contributed by atoms with van der Waals surface area (Å²) in [4.78, 5) is 1.10. The van der Waals surface area contributed by atoms with Crippen LogP contribution in [0.4, 0.5) is 13.2 Å². The number of alkyl halides is 3. The van der Waals surface area contributed by atoms with Gasteiger partial charge in [-0.25, -0.2) is 0 Å². The third-order valence-corrected chi connectivity index (χ3v) is 2.16. The highest BCUT2D eigenvalue weighted by molar-refractivity contribution is 5.25. The van der Waals surface area contributed by atoms with Crippen molar-refractivity contribution in [1.29, 1.82) is 0 Å². The number of rotatable bonds is 5. The minimum Gasteiger partial charge on any atom is -0.508 e. The molecular formula is C11H14F3NO2. The van der Waals surface area contributed by atoms with Crippen LogP contribution in [0, 0.1) is 0 Å². The summed E-state index contributed by atoms with van der Waals surface area (Å²) in [6.45, 7) is -1.34. The van der Waals surface area contributed by atoms with Gasteiger partial charge in [-0.15, -0.1) is 0 Å². The van der Waals surface area contributed by atoms with E-state index in [1.807, 2.05) is 0 Å². The quantitative estimate of drug-likeness (QED) is 0.835. The van der Waals surface area contributed by atoms with Crippen molar-refractivity contribution >= 4 is 0 Å². The van der Waals surface area contributed by atoms with Gasteiger partial charge in [0.2, 0.25) is 0 Å². The van der Waals surface area contributed by atoms with Gasteiger partial charge < -0.3 is 10.2 Å². The molecule has 2 N–H and O–H groups in total. The van der Waals surface area contributed by atoms with Crippen molar-refractivity contribution in [2.24, 2.45) is 0 Å². The van der Waals surface area contributed by atoms with Crippen LogP contribution < -0.4 is 0 Å². The van der Waals surface area contributed by atoms with Gasteiger partial charge in [0.15, 0.2) is 0 Å². The van der Waals surface area contributed by atoms with Crippen molar-refractivity contribution in [3.05, 3.63) is 29.8 Å². The van der Waals surface area contributed by atoms with Crippen LogP contribution in [0.1, 0.15) is 5.56 Å². The predicted molar refractivity (Wildman–Crippen MR) is 56.5 cm³/mol. The number of aliphatic hydroxyl groups excluding tert-OH is 1. The Balaban J connectivity index is 2.63. The maximum absolute atomic E-state index is 12.2. The number of phenols is 1. The average Bonchev–Trinajstić information content (AvgIpc) is 2.19. The van der Waals surface area contributed by atoms with Gasteiger partial charge in [0.1, 0.15) is 5.75 Å². The van der Waals surface area contributed by atoms with Gasteiger partial charge in [0.25, 0.3) is 0 Å². The summed E-state index contributed by atoms with van der Waals surface area (Å²) in [5, 5.41) is 17.8. The normalized spacial score (nSPS) is 12.1. The van der Waals surface area contributed by atoms with Crippen molar-refractivity contribution in [2.45, 2.75) is 12.7 Å². The molecule has 6 heteroatoms. The second kappa shape index (κ2) is 5.88. The molecule has 0 aliphatic carbocycles. The predicted octanol–water partition coefficient (Wildman–Crippen LogP) is 1.75. The van der Waals surface area contributed by atoms with Gasteiger partial charge in [0.05, 0.1) is 13.2 Å². The van der Waals surface area contributed by atoms with Crippen LogP contribution in [0.25, 0.3) is 0 Å². The molecule has 0 aliphatic rings. The number of aromatic hydroxyl groups is 1. The van der Waals surface area contributed by atoms with Gasteiger partial charge >= 0.3 is 6.18 Å². The first-order valence-electron chi connectivity index (χ1n) is 5.08. The highest BCUT2D eigenvalue weighted by Gasteiger charge is 2.30. The molecule has 3 nitrogen and oxygen atoms in total. The van der Waals surface area contributed by atoms with E-state index in [-0.39, 0.29) is 25.4 Å². The molecule has 0 fully saturated rings. The third kappa shape index (κ3) is 5.55. The molecule has 0 unspecified atom stereocenters. The summed E-state index contributed by atoms with van der Waals surface area (Å²) < 4.78 is 36.7. The lowest BCUT2D eigenvalue weighted by molar-refractivity contribution is -0.147. The van der Waals surface area contributed by atoms with Gasteiger partial charge in [-0.05, 0) is 17.7 Å². The zero-order valence-electron chi connectivity index (χ0n) is 9.11. The first kappa shape index (κ1) is 13.8. The highest BCUT2D eigenvalue weighted by atomic mass is 19.4. The molecule has 0 saturated heterocycles. The zero-order valence-corrected chi connectivity index (χ0v) is 9.11. The summed E-state index contributed by atoms with van der Waals surface area (Å²) in [5.74, 6) is 0.0679. The van der Waals surface area contributed by atoms with Crippen LogP contribution in [0.3, 0.4) is 0 Å². The largest absolute Gasteiger partial charge is 0.508 e. The maximum atomic E-state index is 12.2. The molecule has 0 bridgehead atoms. The summed E-state index contributed by atoms with van der Waals surface area (Å²) in [6.07, 6.45) is -4.29. The summed E-state index contributed by atoms with van der Waals surface area (Å²) in [6, 6.07) is 5.94. The Kier molecular flexibility index (Phi) is 4.77. The molecule has 0 aromatic heterocycles. The fourth-order valence-electron chi connectivity index (χ4n) is 1.47. The molecule has 0 radical (unpaired) electrons. The average molecular weight is 249 g/mol. The molecule has 0 heterocycles. The van der Waals surface area contributed by atoms with E-state index in [2.05, 4.69) is 0 Å². The van der Waals surface area contributed by atoms with E-state index in [9.17, 15) is 13.2 Å². The Hall–Kier alpha value is -1.27. The molecule has 0 spiro atoms. The fourth-order valence-corrected chi connectivity index (χ4v) is 1.47. The molecule has 17 heavy (non-hydrogen) atoms. The molecule has 1 rings (SSSR count). The van der Waals surface area contributed by atoms with E-state index in [0.717, 1.165) is 4.90 Å². The Labute approximate surface area is 97.1 Å². The number of aliphatic hydroxyl groups is 1. The SMILES string of the molecule is OCCN(Cc1ccc(O)cc1)CC(F)(F)F. The van der Waals surface area contributed by atoms with Gasteiger partial charge in [0, 0.05) is 13.1 Å². The lowest BCUT2D eigenvalue weighted by Gasteiger charge is -2.22. The van der Waals surface area contributed by atoms with E-state index in [1.54, 1.807) is 12.1 Å². The zero-order chi connectivity index (χ0) is 12.9. The standard InChI is InChI=1S/C11H14F3NO2/c12-11(13,14)8-15(5-6-16)7-9-1-3-10(17)4-2-9/h1-4,16-17H,5-8H2. The number of nitrogens with zero attached hydrogens (tertiary/aromatic N) is 1. The minimum absolute atomic E-state index is 0.0413. The van der Waals surface area contributed by atoms with Gasteiger partial charge in [-0.3, -0.25) is 4.90 Å². The van der Waals surface area contributed by atoms with Gasteiger partial charge in [-0.1, -0.05) is 12.1 Å². The van der Waals surface area contributed by atoms with E-state index < -0.39 is 12.7 Å². The van der Waals surface area contributed by atoms with E-state index >= 15 is 0 Å². The fraction of sp³-hybridized carbons (Fsp3) is 0.455. The van der Waals surface area contributed by atoms with Crippen LogP contribution >= 0.6 is 0 Å². The summed E-state index contributed by atoms with van der Waals surface area (Å²) in [5.41, 5.74) is 0.653. The molecule has 1 aromatic rings. The third-order valence-electron chi connectivity index (χ3n) is 2.16. The first-order valence-corrected chi connectivity index (χ1v) is 5.08. The Morgan fingerprint density at radius 2 is 1.71 bits per heavy atom. The van der Waals surface area contributed by atoms with Crippen LogP contribution in [0.15, 0.2) is 24.3 Å². The maximum Gasteiger partial charge on any atom is 0.401 e. The molecule has 0 aliphatic heterocycles. The van der Waals surface area contributed by atoms with Gasteiger partial charge in [-0.2, -0.15) is 13.2 Å². The van der Waals surface area contributed by atoms with Crippen molar-refractivity contribution < 1.29 is 23.4 Å². The van der Waals surface area contributed by atoms with E-state index in [1.165, 1.54) is 12.1 Å². The number of hydrogen-bond donors (Lipinski definition) is 2. The smallest absolute Gasteiger partial charge is 0.401 e. The number of halogens is 3. The van der Waals surface area contributed by atoms with Crippen molar-refractivity contribution in [3.8, 4) is 5.75 Å². The Morgan fingerprint density at radius 1 is 1.12 bits per heavy atom. The first-order chi connectivity index (χ1) is 7.90. The second-order valence-electron chi connectivity index (χ2n) is 3.72. The lowest BCUT2D eigenvalue weighted by atomic mass is 10.2.